The van der Waals surface area contributed by atoms with Crippen molar-refractivity contribution in [3.8, 4) is 0 Å². The van der Waals surface area contributed by atoms with Gasteiger partial charge in [0.15, 0.2) is 0 Å². The summed E-state index contributed by atoms with van der Waals surface area (Å²) in [5, 5.41) is 0. The summed E-state index contributed by atoms with van der Waals surface area (Å²) in [5.74, 6) is 0. The second-order valence-corrected chi connectivity index (χ2v) is 2.52. The van der Waals surface area contributed by atoms with E-state index >= 15 is 0 Å². The van der Waals surface area contributed by atoms with Crippen molar-refractivity contribution < 1.29 is 13.9 Å². The van der Waals surface area contributed by atoms with Crippen molar-refractivity contribution in [1.82, 2.24) is 4.98 Å². The van der Waals surface area contributed by atoms with Crippen LogP contribution < -0.4 is 4.90 Å². The smallest absolute Gasteiger partial charge is 0.414 e. The van der Waals surface area contributed by atoms with Crippen molar-refractivity contribution in [2.75, 3.05) is 25.2 Å². The van der Waals surface area contributed by atoms with E-state index < -0.39 is 12.8 Å². The first kappa shape index (κ1) is 10.4. The Morgan fingerprint density at radius 2 is 2.21 bits per heavy atom. The fourth-order valence-corrected chi connectivity index (χ4v) is 1.04. The fraction of sp³-hybridized carbons (Fsp3) is 0.333. The second kappa shape index (κ2) is 5.16. The minimum absolute atomic E-state index is 0.0172. The Morgan fingerprint density at radius 1 is 1.57 bits per heavy atom. The molecule has 5 heteroatoms. The van der Waals surface area contributed by atoms with Gasteiger partial charge in [0.1, 0.15) is 6.67 Å². The van der Waals surface area contributed by atoms with Crippen molar-refractivity contribution in [1.29, 1.82) is 0 Å². The molecule has 1 rings (SSSR count). The van der Waals surface area contributed by atoms with E-state index in [0.717, 1.165) is 0 Å². The molecule has 0 atom stereocenters. The zero-order valence-corrected chi connectivity index (χ0v) is 7.81. The number of amides is 1. The zero-order chi connectivity index (χ0) is 10.4. The van der Waals surface area contributed by atoms with Crippen LogP contribution in [0.1, 0.15) is 0 Å². The molecule has 1 aromatic heterocycles. The van der Waals surface area contributed by atoms with Crippen molar-refractivity contribution in [2.24, 2.45) is 0 Å². The van der Waals surface area contributed by atoms with Crippen LogP contribution in [0.15, 0.2) is 24.5 Å². The molecule has 0 aliphatic heterocycles. The van der Waals surface area contributed by atoms with Crippen LogP contribution in [0, 0.1) is 0 Å². The lowest BCUT2D eigenvalue weighted by Crippen LogP contribution is -2.32. The molecule has 0 aliphatic carbocycles. The third kappa shape index (κ3) is 2.42. The topological polar surface area (TPSA) is 42.4 Å². The quantitative estimate of drug-likeness (QED) is 0.741. The summed E-state index contributed by atoms with van der Waals surface area (Å²) in [5.41, 5.74) is 0.574. The normalized spacial score (nSPS) is 9.57. The molecule has 76 valence electrons. The number of anilines is 1. The van der Waals surface area contributed by atoms with Gasteiger partial charge in [0.25, 0.3) is 0 Å². The van der Waals surface area contributed by atoms with Gasteiger partial charge in [-0.15, -0.1) is 0 Å². The van der Waals surface area contributed by atoms with Gasteiger partial charge in [-0.05, 0) is 12.1 Å². The van der Waals surface area contributed by atoms with Crippen LogP contribution in [-0.2, 0) is 4.74 Å². The van der Waals surface area contributed by atoms with Crippen LogP contribution in [0.5, 0.6) is 0 Å². The summed E-state index contributed by atoms with van der Waals surface area (Å²) >= 11 is 0. The number of nitrogens with zero attached hydrogens (tertiary/aromatic N) is 2. The maximum absolute atomic E-state index is 12.2. The Kier molecular flexibility index (Phi) is 3.84. The Labute approximate surface area is 81.3 Å². The van der Waals surface area contributed by atoms with Gasteiger partial charge in [-0.2, -0.15) is 0 Å². The van der Waals surface area contributed by atoms with Crippen molar-refractivity contribution in [3.05, 3.63) is 24.5 Å². The van der Waals surface area contributed by atoms with Crippen LogP contribution in [-0.4, -0.2) is 31.4 Å². The number of carbonyl (C=O) groups is 1. The molecule has 1 aromatic rings. The van der Waals surface area contributed by atoms with E-state index in [4.69, 9.17) is 0 Å². The molecule has 1 heterocycles. The van der Waals surface area contributed by atoms with Crippen LogP contribution >= 0.6 is 0 Å². The van der Waals surface area contributed by atoms with Gasteiger partial charge in [0.2, 0.25) is 0 Å². The lowest BCUT2D eigenvalue weighted by molar-refractivity contribution is 0.178. The van der Waals surface area contributed by atoms with Gasteiger partial charge in [-0.25, -0.2) is 9.18 Å². The van der Waals surface area contributed by atoms with Gasteiger partial charge >= 0.3 is 6.09 Å². The largest absolute Gasteiger partial charge is 0.452 e. The van der Waals surface area contributed by atoms with E-state index in [9.17, 15) is 9.18 Å². The van der Waals surface area contributed by atoms with E-state index in [1.807, 2.05) is 0 Å². The lowest BCUT2D eigenvalue weighted by Gasteiger charge is -2.19. The van der Waals surface area contributed by atoms with Crippen LogP contribution in [0.4, 0.5) is 14.9 Å². The Hall–Kier alpha value is -1.65. The third-order valence-electron chi connectivity index (χ3n) is 1.68. The maximum Gasteiger partial charge on any atom is 0.414 e. The minimum Gasteiger partial charge on any atom is -0.452 e. The number of methoxy groups -OCH3 is 1. The summed E-state index contributed by atoms with van der Waals surface area (Å²) in [6.07, 6.45) is 2.49. The molecule has 0 unspecified atom stereocenters. The summed E-state index contributed by atoms with van der Waals surface area (Å²) in [6.45, 7) is -0.631. The molecule has 0 radical (unpaired) electrons. The van der Waals surface area contributed by atoms with Gasteiger partial charge in [-0.1, -0.05) is 0 Å². The molecular weight excluding hydrogens is 187 g/mol. The molecule has 0 fully saturated rings. The molecule has 0 N–H and O–H groups in total. The highest BCUT2D eigenvalue weighted by Crippen LogP contribution is 2.12. The molecule has 14 heavy (non-hydrogen) atoms. The minimum atomic E-state index is -0.614. The first-order chi connectivity index (χ1) is 6.79. The molecule has 0 aromatic carbocycles. The van der Waals surface area contributed by atoms with Gasteiger partial charge in [0, 0.05) is 12.4 Å². The summed E-state index contributed by atoms with van der Waals surface area (Å²) in [6, 6.07) is 3.24. The number of halogens is 1. The highest BCUT2D eigenvalue weighted by Gasteiger charge is 2.14. The SMILES string of the molecule is COC(=O)N(CCF)c1ccncc1. The number of hydrogen-bond donors (Lipinski definition) is 0. The highest BCUT2D eigenvalue weighted by molar-refractivity contribution is 5.87. The average Bonchev–Trinajstić information content (AvgIpc) is 2.26. The number of ether oxygens (including phenoxy) is 1. The number of rotatable bonds is 3. The predicted molar refractivity (Wildman–Crippen MR) is 50.0 cm³/mol. The van der Waals surface area contributed by atoms with Crippen LogP contribution in [0.2, 0.25) is 0 Å². The maximum atomic E-state index is 12.2. The molecule has 0 saturated heterocycles. The number of alkyl halides is 1. The molecule has 0 spiro atoms. The van der Waals surface area contributed by atoms with E-state index in [-0.39, 0.29) is 6.54 Å². The Morgan fingerprint density at radius 3 is 2.71 bits per heavy atom. The predicted octanol–water partition coefficient (Wildman–Crippen LogP) is 1.62. The summed E-state index contributed by atoms with van der Waals surface area (Å²) in [4.78, 5) is 16.2. The van der Waals surface area contributed by atoms with E-state index in [0.29, 0.717) is 5.69 Å². The number of carbonyl (C=O) groups excluding carboxylic acids is 1. The first-order valence-corrected chi connectivity index (χ1v) is 4.11. The highest BCUT2D eigenvalue weighted by atomic mass is 19.1. The average molecular weight is 198 g/mol. The molecule has 4 nitrogen and oxygen atoms in total. The number of aromatic nitrogens is 1. The van der Waals surface area contributed by atoms with Crippen molar-refractivity contribution in [2.45, 2.75) is 0 Å². The molecule has 0 saturated carbocycles. The first-order valence-electron chi connectivity index (χ1n) is 4.11. The van der Waals surface area contributed by atoms with Crippen molar-refractivity contribution in [3.63, 3.8) is 0 Å². The molecule has 0 aliphatic rings. The fourth-order valence-electron chi connectivity index (χ4n) is 1.04. The van der Waals surface area contributed by atoms with Gasteiger partial charge in [-0.3, -0.25) is 9.88 Å². The van der Waals surface area contributed by atoms with Crippen LogP contribution in [0.25, 0.3) is 0 Å². The van der Waals surface area contributed by atoms with E-state index in [1.54, 1.807) is 12.1 Å². The molecule has 0 bridgehead atoms. The zero-order valence-electron chi connectivity index (χ0n) is 7.81. The second-order valence-electron chi connectivity index (χ2n) is 2.52. The third-order valence-corrected chi connectivity index (χ3v) is 1.68. The summed E-state index contributed by atoms with van der Waals surface area (Å²) in [7, 11) is 1.26. The van der Waals surface area contributed by atoms with E-state index in [2.05, 4.69) is 9.72 Å². The Balaban J connectivity index is 2.83. The number of pyridine rings is 1. The molecule has 1 amide bonds. The van der Waals surface area contributed by atoms with Gasteiger partial charge < -0.3 is 4.74 Å². The van der Waals surface area contributed by atoms with Crippen molar-refractivity contribution >= 4 is 11.8 Å². The Bertz CT molecular complexity index is 292. The lowest BCUT2D eigenvalue weighted by atomic mass is 10.3. The standard InChI is InChI=1S/C9H11FN2O2/c1-14-9(13)12(7-4-10)8-2-5-11-6-3-8/h2-3,5-6H,4,7H2,1H3. The van der Waals surface area contributed by atoms with Gasteiger partial charge in [0.05, 0.1) is 19.3 Å². The number of hydrogen-bond acceptors (Lipinski definition) is 3. The molecular formula is C9H11FN2O2. The van der Waals surface area contributed by atoms with E-state index in [1.165, 1.54) is 24.4 Å². The monoisotopic (exact) mass is 198 g/mol. The van der Waals surface area contributed by atoms with Crippen LogP contribution in [0.3, 0.4) is 0 Å². The summed E-state index contributed by atoms with van der Waals surface area (Å²) < 4.78 is 16.7.